The first-order valence-corrected chi connectivity index (χ1v) is 10.6. The molecule has 8 heteroatoms. The lowest BCUT2D eigenvalue weighted by atomic mass is 10.1. The van der Waals surface area contributed by atoms with Crippen molar-refractivity contribution in [3.8, 4) is 0 Å². The standard InChI is InChI=1S/C21H27ClN6O/c1-16-15-19(25-20(23-16)27-9-3-2-4-10-27)26-11-13-28(14-12-26)21(29)24-18-7-5-17(22)6-8-18/h5-8,15H,2-4,9-14H2,1H3,(H,24,29). The van der Waals surface area contributed by atoms with Crippen molar-refractivity contribution in [2.45, 2.75) is 26.2 Å². The number of rotatable bonds is 3. The highest BCUT2D eigenvalue weighted by Crippen LogP contribution is 2.22. The van der Waals surface area contributed by atoms with Crippen molar-refractivity contribution in [3.05, 3.63) is 41.0 Å². The first-order chi connectivity index (χ1) is 14.1. The third-order valence-electron chi connectivity index (χ3n) is 5.45. The average Bonchev–Trinajstić information content (AvgIpc) is 2.75. The van der Waals surface area contributed by atoms with Crippen molar-refractivity contribution in [3.63, 3.8) is 0 Å². The lowest BCUT2D eigenvalue weighted by Crippen LogP contribution is -2.50. The van der Waals surface area contributed by atoms with Gasteiger partial charge in [0.2, 0.25) is 5.95 Å². The molecule has 1 aromatic heterocycles. The van der Waals surface area contributed by atoms with E-state index in [4.69, 9.17) is 16.6 Å². The number of hydrogen-bond donors (Lipinski definition) is 1. The fourth-order valence-electron chi connectivity index (χ4n) is 3.81. The van der Waals surface area contributed by atoms with Gasteiger partial charge >= 0.3 is 6.03 Å². The van der Waals surface area contributed by atoms with Gasteiger partial charge in [0.1, 0.15) is 5.82 Å². The SMILES string of the molecule is Cc1cc(N2CCN(C(=O)Nc3ccc(Cl)cc3)CC2)nc(N2CCCCC2)n1. The summed E-state index contributed by atoms with van der Waals surface area (Å²) in [5.41, 5.74) is 1.73. The molecule has 2 aromatic rings. The van der Waals surface area contributed by atoms with Gasteiger partial charge < -0.3 is 20.0 Å². The van der Waals surface area contributed by atoms with Gasteiger partial charge in [-0.15, -0.1) is 0 Å². The number of amides is 2. The molecule has 1 aromatic carbocycles. The van der Waals surface area contributed by atoms with Gasteiger partial charge in [-0.25, -0.2) is 9.78 Å². The largest absolute Gasteiger partial charge is 0.353 e. The number of urea groups is 1. The molecule has 2 amide bonds. The molecule has 2 fully saturated rings. The minimum Gasteiger partial charge on any atom is -0.353 e. The van der Waals surface area contributed by atoms with Gasteiger partial charge in [0.25, 0.3) is 0 Å². The van der Waals surface area contributed by atoms with Crippen molar-refractivity contribution in [1.82, 2.24) is 14.9 Å². The van der Waals surface area contributed by atoms with Crippen LogP contribution in [0.3, 0.4) is 0 Å². The molecular formula is C21H27ClN6O. The number of hydrogen-bond acceptors (Lipinski definition) is 5. The first-order valence-electron chi connectivity index (χ1n) is 10.3. The van der Waals surface area contributed by atoms with Gasteiger partial charge in [0, 0.05) is 61.7 Å². The first kappa shape index (κ1) is 19.8. The van der Waals surface area contributed by atoms with Crippen molar-refractivity contribution < 1.29 is 4.79 Å². The molecule has 2 saturated heterocycles. The molecule has 0 unspecified atom stereocenters. The third-order valence-corrected chi connectivity index (χ3v) is 5.71. The Hall–Kier alpha value is -2.54. The van der Waals surface area contributed by atoms with E-state index in [9.17, 15) is 4.79 Å². The number of carbonyl (C=O) groups is 1. The second-order valence-electron chi connectivity index (χ2n) is 7.63. The van der Waals surface area contributed by atoms with Crippen LogP contribution in [0.15, 0.2) is 30.3 Å². The van der Waals surface area contributed by atoms with Gasteiger partial charge in [0.15, 0.2) is 0 Å². The molecule has 4 rings (SSSR count). The summed E-state index contributed by atoms with van der Waals surface area (Å²) in [6.07, 6.45) is 3.69. The molecule has 154 valence electrons. The Morgan fingerprint density at radius 3 is 2.31 bits per heavy atom. The zero-order valence-corrected chi connectivity index (χ0v) is 17.5. The molecular weight excluding hydrogens is 388 g/mol. The fraction of sp³-hybridized carbons (Fsp3) is 0.476. The highest BCUT2D eigenvalue weighted by Gasteiger charge is 2.23. The number of nitrogens with zero attached hydrogens (tertiary/aromatic N) is 5. The number of nitrogens with one attached hydrogen (secondary N) is 1. The van der Waals surface area contributed by atoms with Crippen LogP contribution in [0.25, 0.3) is 0 Å². The van der Waals surface area contributed by atoms with Crippen LogP contribution in [0.2, 0.25) is 5.02 Å². The van der Waals surface area contributed by atoms with Crippen LogP contribution in [0, 0.1) is 6.92 Å². The molecule has 0 aliphatic carbocycles. The van der Waals surface area contributed by atoms with Gasteiger partial charge in [-0.05, 0) is 50.5 Å². The summed E-state index contributed by atoms with van der Waals surface area (Å²) in [7, 11) is 0. The number of piperazine rings is 1. The third kappa shape index (κ3) is 4.90. The molecule has 2 aliphatic heterocycles. The van der Waals surface area contributed by atoms with Crippen LogP contribution < -0.4 is 15.1 Å². The summed E-state index contributed by atoms with van der Waals surface area (Å²) in [5.74, 6) is 1.79. The molecule has 0 atom stereocenters. The molecule has 2 aliphatic rings. The second-order valence-corrected chi connectivity index (χ2v) is 8.06. The Balaban J connectivity index is 1.37. The Bertz CT molecular complexity index is 845. The van der Waals surface area contributed by atoms with Crippen LogP contribution in [-0.2, 0) is 0 Å². The van der Waals surface area contributed by atoms with E-state index in [1.807, 2.05) is 30.0 Å². The summed E-state index contributed by atoms with van der Waals surface area (Å²) < 4.78 is 0. The zero-order chi connectivity index (χ0) is 20.2. The smallest absolute Gasteiger partial charge is 0.321 e. The van der Waals surface area contributed by atoms with E-state index >= 15 is 0 Å². The van der Waals surface area contributed by atoms with Gasteiger partial charge in [0.05, 0.1) is 0 Å². The number of piperidine rings is 1. The van der Waals surface area contributed by atoms with Crippen LogP contribution in [0.1, 0.15) is 25.0 Å². The lowest BCUT2D eigenvalue weighted by Gasteiger charge is -2.36. The van der Waals surface area contributed by atoms with Crippen LogP contribution in [0.4, 0.5) is 22.2 Å². The van der Waals surface area contributed by atoms with Gasteiger partial charge in [-0.2, -0.15) is 4.98 Å². The second kappa shape index (κ2) is 8.86. The Morgan fingerprint density at radius 1 is 0.931 bits per heavy atom. The van der Waals surface area contributed by atoms with Crippen LogP contribution in [-0.4, -0.2) is 60.2 Å². The molecule has 0 bridgehead atoms. The molecule has 0 radical (unpaired) electrons. The predicted octanol–water partition coefficient (Wildman–Crippen LogP) is 3.78. The minimum absolute atomic E-state index is 0.0835. The van der Waals surface area contributed by atoms with Crippen molar-refractivity contribution in [1.29, 1.82) is 0 Å². The summed E-state index contributed by atoms with van der Waals surface area (Å²) in [4.78, 5) is 28.4. The number of aryl methyl sites for hydroxylation is 1. The molecule has 0 saturated carbocycles. The van der Waals surface area contributed by atoms with Crippen LogP contribution in [0.5, 0.6) is 0 Å². The van der Waals surface area contributed by atoms with Crippen molar-refractivity contribution >= 4 is 35.1 Å². The Morgan fingerprint density at radius 2 is 1.62 bits per heavy atom. The summed E-state index contributed by atoms with van der Waals surface area (Å²) in [5, 5.41) is 3.59. The highest BCUT2D eigenvalue weighted by molar-refractivity contribution is 6.30. The zero-order valence-electron chi connectivity index (χ0n) is 16.8. The van der Waals surface area contributed by atoms with E-state index in [0.717, 1.165) is 49.3 Å². The fourth-order valence-corrected chi connectivity index (χ4v) is 3.93. The minimum atomic E-state index is -0.0835. The Labute approximate surface area is 176 Å². The number of aromatic nitrogens is 2. The lowest BCUT2D eigenvalue weighted by molar-refractivity contribution is 0.208. The average molecular weight is 415 g/mol. The molecule has 0 spiro atoms. The van der Waals surface area contributed by atoms with E-state index in [2.05, 4.69) is 20.1 Å². The summed E-state index contributed by atoms with van der Waals surface area (Å²) in [6, 6.07) is 9.11. The number of halogens is 1. The normalized spacial score (nSPS) is 17.4. The number of carbonyl (C=O) groups excluding carboxylic acids is 1. The highest BCUT2D eigenvalue weighted by atomic mass is 35.5. The molecule has 29 heavy (non-hydrogen) atoms. The van der Waals surface area contributed by atoms with Gasteiger partial charge in [-0.1, -0.05) is 11.6 Å². The van der Waals surface area contributed by atoms with Crippen molar-refractivity contribution in [2.75, 3.05) is 54.4 Å². The van der Waals surface area contributed by atoms with E-state index in [1.165, 1.54) is 19.3 Å². The maximum atomic E-state index is 12.5. The van der Waals surface area contributed by atoms with E-state index < -0.39 is 0 Å². The molecule has 1 N–H and O–H groups in total. The summed E-state index contributed by atoms with van der Waals surface area (Å²) in [6.45, 7) is 6.90. The van der Waals surface area contributed by atoms with Crippen molar-refractivity contribution in [2.24, 2.45) is 0 Å². The predicted molar refractivity (Wildman–Crippen MR) is 117 cm³/mol. The molecule has 3 heterocycles. The maximum Gasteiger partial charge on any atom is 0.321 e. The van der Waals surface area contributed by atoms with Crippen LogP contribution >= 0.6 is 11.6 Å². The molecule has 7 nitrogen and oxygen atoms in total. The summed E-state index contributed by atoms with van der Waals surface area (Å²) >= 11 is 5.90. The quantitative estimate of drug-likeness (QED) is 0.827. The maximum absolute atomic E-state index is 12.5. The monoisotopic (exact) mass is 414 g/mol. The number of benzene rings is 1. The van der Waals surface area contributed by atoms with E-state index in [0.29, 0.717) is 18.1 Å². The van der Waals surface area contributed by atoms with E-state index in [-0.39, 0.29) is 6.03 Å². The van der Waals surface area contributed by atoms with Gasteiger partial charge in [-0.3, -0.25) is 0 Å². The topological polar surface area (TPSA) is 64.6 Å². The van der Waals surface area contributed by atoms with E-state index in [1.54, 1.807) is 12.1 Å². The number of anilines is 3. The Kier molecular flexibility index (Phi) is 6.04.